The molecule has 0 aromatic carbocycles. The van der Waals surface area contributed by atoms with Crippen LogP contribution in [-0.4, -0.2) is 32.8 Å². The largest absolute Gasteiger partial charge is 0.391 e. The summed E-state index contributed by atoms with van der Waals surface area (Å²) in [5, 5.41) is 9.35. The van der Waals surface area contributed by atoms with Gasteiger partial charge >= 0.3 is 5.69 Å². The van der Waals surface area contributed by atoms with Crippen LogP contribution in [0.2, 0.25) is 0 Å². The number of rotatable bonds is 2. The minimum Gasteiger partial charge on any atom is -0.391 e. The van der Waals surface area contributed by atoms with Gasteiger partial charge < -0.3 is 15.6 Å². The summed E-state index contributed by atoms with van der Waals surface area (Å²) in [5.41, 5.74) is 4.44. The van der Waals surface area contributed by atoms with Crippen LogP contribution in [0.1, 0.15) is 25.1 Å². The third kappa shape index (κ3) is 2.37. The van der Waals surface area contributed by atoms with Crippen LogP contribution < -0.4 is 11.4 Å². The van der Waals surface area contributed by atoms with Crippen molar-refractivity contribution in [2.24, 2.45) is 0 Å². The summed E-state index contributed by atoms with van der Waals surface area (Å²) in [5.74, 6) is -1.38. The quantitative estimate of drug-likeness (QED) is 0.753. The van der Waals surface area contributed by atoms with E-state index < -0.39 is 36.5 Å². The molecule has 0 spiro atoms. The van der Waals surface area contributed by atoms with Gasteiger partial charge in [0.1, 0.15) is 5.82 Å². The fourth-order valence-electron chi connectivity index (χ4n) is 2.00. The second-order valence-corrected chi connectivity index (χ2v) is 4.61. The first-order valence-electron chi connectivity index (χ1n) is 5.83. The van der Waals surface area contributed by atoms with Gasteiger partial charge in [-0.3, -0.25) is 4.57 Å². The molecule has 0 saturated carbocycles. The van der Waals surface area contributed by atoms with Gasteiger partial charge in [0.25, 0.3) is 5.92 Å². The smallest absolute Gasteiger partial charge is 0.351 e. The molecule has 3 N–H and O–H groups in total. The Labute approximate surface area is 113 Å². The Kier molecular flexibility index (Phi) is 3.50. The zero-order valence-corrected chi connectivity index (χ0v) is 10.6. The van der Waals surface area contributed by atoms with Crippen molar-refractivity contribution in [2.75, 3.05) is 5.73 Å². The molecule has 6 nitrogen and oxygen atoms in total. The van der Waals surface area contributed by atoms with Gasteiger partial charge in [0.2, 0.25) is 6.23 Å². The molecule has 2 heterocycles. The topological polar surface area (TPSA) is 90.4 Å². The molecule has 0 amide bonds. The third-order valence-electron chi connectivity index (χ3n) is 3.07. The molecule has 1 aromatic heterocycles. The first kappa shape index (κ1) is 14.4. The Balaban J connectivity index is 2.47. The lowest BCUT2D eigenvalue weighted by Gasteiger charge is -2.20. The maximum absolute atomic E-state index is 13.9. The molecule has 1 saturated heterocycles. The molecule has 2 rings (SSSR count). The van der Waals surface area contributed by atoms with Crippen molar-refractivity contribution >= 4 is 5.82 Å². The summed E-state index contributed by atoms with van der Waals surface area (Å²) >= 11 is 0. The predicted octanol–water partition coefficient (Wildman–Crippen LogP) is 0.110. The monoisotopic (exact) mass is 285 g/mol. The zero-order valence-electron chi connectivity index (χ0n) is 10.6. The number of alkyl halides is 2. The van der Waals surface area contributed by atoms with E-state index in [2.05, 4.69) is 10.9 Å². The second-order valence-electron chi connectivity index (χ2n) is 4.61. The molecule has 108 valence electrons. The minimum atomic E-state index is -3.32. The van der Waals surface area contributed by atoms with Crippen LogP contribution in [0, 0.1) is 12.3 Å². The van der Waals surface area contributed by atoms with Crippen molar-refractivity contribution < 1.29 is 18.6 Å². The Hall–Kier alpha value is -1.98. The van der Waals surface area contributed by atoms with Gasteiger partial charge in [-0.1, -0.05) is 5.92 Å². The maximum Gasteiger partial charge on any atom is 0.351 e. The Bertz CT molecular complexity index is 621. The van der Waals surface area contributed by atoms with E-state index in [1.54, 1.807) is 0 Å². The molecule has 1 aliphatic rings. The number of ether oxygens (including phenoxy) is 1. The van der Waals surface area contributed by atoms with Crippen LogP contribution >= 0.6 is 0 Å². The number of anilines is 1. The highest BCUT2D eigenvalue weighted by Crippen LogP contribution is 2.42. The number of aliphatic hydroxyl groups is 1. The highest BCUT2D eigenvalue weighted by molar-refractivity contribution is 5.47. The fourth-order valence-corrected chi connectivity index (χ4v) is 2.00. The van der Waals surface area contributed by atoms with E-state index in [1.165, 1.54) is 6.92 Å². The molecule has 0 bridgehead atoms. The number of nitrogens with zero attached hydrogens (tertiary/aromatic N) is 2. The van der Waals surface area contributed by atoms with Gasteiger partial charge in [0.15, 0.2) is 0 Å². The lowest BCUT2D eigenvalue weighted by molar-refractivity contribution is -0.126. The third-order valence-corrected chi connectivity index (χ3v) is 3.07. The zero-order chi connectivity index (χ0) is 15.1. The molecule has 1 aromatic rings. The van der Waals surface area contributed by atoms with E-state index in [-0.39, 0.29) is 11.4 Å². The van der Waals surface area contributed by atoms with Crippen LogP contribution in [0.4, 0.5) is 14.6 Å². The highest BCUT2D eigenvalue weighted by atomic mass is 19.3. The standard InChI is InChI=1S/C12H13F2N3O3/c1-3-7-5-17(11(19)16-9(7)15)10-12(13,14)4-8(20-10)6(2)18/h1,5-6,8,10,18H,4H2,2H3,(H2,15,16,19)/t6?,8?,10-/m1/s1. The van der Waals surface area contributed by atoms with Crippen LogP contribution in [0.15, 0.2) is 11.0 Å². The number of nitrogens with two attached hydrogens (primary N) is 1. The highest BCUT2D eigenvalue weighted by Gasteiger charge is 2.53. The summed E-state index contributed by atoms with van der Waals surface area (Å²) in [4.78, 5) is 15.1. The summed E-state index contributed by atoms with van der Waals surface area (Å²) < 4.78 is 33.5. The van der Waals surface area contributed by atoms with Crippen LogP contribution in [0.5, 0.6) is 0 Å². The minimum absolute atomic E-state index is 0.0181. The number of halogens is 2. The molecule has 1 aliphatic heterocycles. The maximum atomic E-state index is 13.9. The Morgan fingerprint density at radius 1 is 1.75 bits per heavy atom. The molecule has 20 heavy (non-hydrogen) atoms. The van der Waals surface area contributed by atoms with Crippen LogP contribution in [-0.2, 0) is 4.74 Å². The van der Waals surface area contributed by atoms with Gasteiger partial charge in [-0.05, 0) is 6.92 Å². The lowest BCUT2D eigenvalue weighted by atomic mass is 10.1. The molecule has 3 atom stereocenters. The van der Waals surface area contributed by atoms with Crippen molar-refractivity contribution in [3.63, 3.8) is 0 Å². The molecule has 0 radical (unpaired) electrons. The van der Waals surface area contributed by atoms with Gasteiger partial charge in [0.05, 0.1) is 17.8 Å². The van der Waals surface area contributed by atoms with E-state index in [0.29, 0.717) is 4.57 Å². The van der Waals surface area contributed by atoms with Gasteiger partial charge in [0, 0.05) is 12.6 Å². The number of aliphatic hydroxyl groups excluding tert-OH is 1. The van der Waals surface area contributed by atoms with E-state index in [4.69, 9.17) is 16.9 Å². The number of terminal acetylenes is 1. The van der Waals surface area contributed by atoms with Crippen molar-refractivity contribution in [3.8, 4) is 12.3 Å². The SMILES string of the molecule is C#Cc1cn([C@@H]2OC(C(C)O)CC2(F)F)c(=O)nc1N. The van der Waals surface area contributed by atoms with E-state index in [1.807, 2.05) is 0 Å². The summed E-state index contributed by atoms with van der Waals surface area (Å²) in [6, 6.07) is 0. The number of hydrogen-bond acceptors (Lipinski definition) is 5. The van der Waals surface area contributed by atoms with Crippen molar-refractivity contribution in [2.45, 2.75) is 37.7 Å². The first-order chi connectivity index (χ1) is 9.26. The van der Waals surface area contributed by atoms with Crippen molar-refractivity contribution in [1.29, 1.82) is 0 Å². The molecular weight excluding hydrogens is 272 g/mol. The van der Waals surface area contributed by atoms with E-state index in [9.17, 15) is 18.7 Å². The number of hydrogen-bond donors (Lipinski definition) is 2. The van der Waals surface area contributed by atoms with Crippen molar-refractivity contribution in [3.05, 3.63) is 22.2 Å². The Morgan fingerprint density at radius 3 is 2.90 bits per heavy atom. The molecule has 0 aliphatic carbocycles. The summed E-state index contributed by atoms with van der Waals surface area (Å²) in [6.07, 6.45) is 1.44. The number of nitrogen functional groups attached to an aromatic ring is 1. The van der Waals surface area contributed by atoms with Crippen molar-refractivity contribution in [1.82, 2.24) is 9.55 Å². The van der Waals surface area contributed by atoms with Crippen LogP contribution in [0.25, 0.3) is 0 Å². The predicted molar refractivity (Wildman–Crippen MR) is 66.0 cm³/mol. The normalized spacial score (nSPS) is 26.1. The Morgan fingerprint density at radius 2 is 2.40 bits per heavy atom. The average Bonchev–Trinajstić information content (AvgIpc) is 2.66. The average molecular weight is 285 g/mol. The van der Waals surface area contributed by atoms with Crippen LogP contribution in [0.3, 0.4) is 0 Å². The molecule has 1 fully saturated rings. The van der Waals surface area contributed by atoms with Gasteiger partial charge in [-0.25, -0.2) is 13.6 Å². The van der Waals surface area contributed by atoms with Gasteiger partial charge in [-0.2, -0.15) is 4.98 Å². The van der Waals surface area contributed by atoms with Gasteiger partial charge in [-0.15, -0.1) is 6.42 Å². The molecule has 2 unspecified atom stereocenters. The second kappa shape index (κ2) is 4.85. The molecular formula is C12H13F2N3O3. The first-order valence-corrected chi connectivity index (χ1v) is 5.83. The lowest BCUT2D eigenvalue weighted by Crippen LogP contribution is -2.35. The summed E-state index contributed by atoms with van der Waals surface area (Å²) in [7, 11) is 0. The number of aromatic nitrogens is 2. The summed E-state index contributed by atoms with van der Waals surface area (Å²) in [6.45, 7) is 1.33. The fraction of sp³-hybridized carbons (Fsp3) is 0.500. The van der Waals surface area contributed by atoms with E-state index >= 15 is 0 Å². The van der Waals surface area contributed by atoms with E-state index in [0.717, 1.165) is 6.20 Å². The molecule has 8 heteroatoms.